The molecule has 2 aliphatic heterocycles. The number of carbonyl (C=O) groups is 1. The summed E-state index contributed by atoms with van der Waals surface area (Å²) in [6, 6.07) is 13.6. The van der Waals surface area contributed by atoms with Gasteiger partial charge in [0.05, 0.1) is 24.1 Å². The van der Waals surface area contributed by atoms with Crippen LogP contribution in [-0.2, 0) is 11.3 Å². The maximum atomic E-state index is 13.6. The Kier molecular flexibility index (Phi) is 5.42. The summed E-state index contributed by atoms with van der Waals surface area (Å²) >= 11 is 2.93. The van der Waals surface area contributed by atoms with E-state index in [4.69, 9.17) is 4.74 Å². The molecule has 0 bridgehead atoms. The average Bonchev–Trinajstić information content (AvgIpc) is 3.42. The fourth-order valence-corrected chi connectivity index (χ4v) is 6.77. The fraction of sp³-hybridized carbons (Fsp3) is 0.200. The van der Waals surface area contributed by atoms with Gasteiger partial charge in [0.1, 0.15) is 20.0 Å². The van der Waals surface area contributed by atoms with Crippen LogP contribution in [0, 0.1) is 0 Å². The van der Waals surface area contributed by atoms with Gasteiger partial charge in [-0.05, 0) is 25.1 Å². The average molecular weight is 478 g/mol. The first kappa shape index (κ1) is 21.6. The van der Waals surface area contributed by atoms with Crippen molar-refractivity contribution in [2.24, 2.45) is 0 Å². The highest BCUT2D eigenvalue weighted by molar-refractivity contribution is 8.08. The minimum atomic E-state index is -0.114. The van der Waals surface area contributed by atoms with Crippen LogP contribution in [0.5, 0.6) is 5.75 Å². The molecule has 0 atom stereocenters. The number of nitrogens with zero attached hydrogens (tertiary/aromatic N) is 3. The highest BCUT2D eigenvalue weighted by Crippen LogP contribution is 2.46. The summed E-state index contributed by atoms with van der Waals surface area (Å²) in [5.74, 6) is 0.691. The SMILES string of the molecule is C=CCn1c(=O)/c(=C2/Sc3ccc(OC)cc3N2C)s/c1=C1/C(=O)N(CC)c2ccccc21. The highest BCUT2D eigenvalue weighted by Gasteiger charge is 2.33. The van der Waals surface area contributed by atoms with E-state index in [1.54, 1.807) is 34.4 Å². The third-order valence-electron chi connectivity index (χ3n) is 5.88. The molecule has 1 amide bonds. The van der Waals surface area contributed by atoms with Crippen LogP contribution in [0.4, 0.5) is 11.4 Å². The molecule has 0 aliphatic carbocycles. The van der Waals surface area contributed by atoms with Crippen molar-refractivity contribution in [3.8, 4) is 5.75 Å². The number of aromatic nitrogens is 1. The van der Waals surface area contributed by atoms with Crippen LogP contribution in [0.25, 0.3) is 10.6 Å². The summed E-state index contributed by atoms with van der Waals surface area (Å²) in [5, 5.41) is 0.851. The quantitative estimate of drug-likeness (QED) is 0.541. The summed E-state index contributed by atoms with van der Waals surface area (Å²) in [5.41, 5.74) is 3.20. The highest BCUT2D eigenvalue weighted by atomic mass is 32.2. The van der Waals surface area contributed by atoms with E-state index in [1.807, 2.05) is 61.3 Å². The van der Waals surface area contributed by atoms with Crippen molar-refractivity contribution in [2.75, 3.05) is 30.5 Å². The number of rotatable bonds is 4. The number of amides is 1. The lowest BCUT2D eigenvalue weighted by atomic mass is 10.1. The summed E-state index contributed by atoms with van der Waals surface area (Å²) in [6.07, 6.45) is 1.70. The van der Waals surface area contributed by atoms with Crippen molar-refractivity contribution in [3.05, 3.63) is 80.2 Å². The third-order valence-corrected chi connectivity index (χ3v) is 8.44. The van der Waals surface area contributed by atoms with E-state index >= 15 is 0 Å². The van der Waals surface area contributed by atoms with Crippen molar-refractivity contribution >= 4 is 51.0 Å². The van der Waals surface area contributed by atoms with Crippen LogP contribution in [-0.4, -0.2) is 31.2 Å². The van der Waals surface area contributed by atoms with Gasteiger partial charge >= 0.3 is 0 Å². The van der Waals surface area contributed by atoms with Crippen LogP contribution in [0.15, 0.2) is 64.8 Å². The molecule has 0 saturated heterocycles. The lowest BCUT2D eigenvalue weighted by Gasteiger charge is -2.13. The number of likely N-dealkylation sites (N-methyl/N-ethyl adjacent to an activating group) is 1. The molecule has 8 heteroatoms. The minimum Gasteiger partial charge on any atom is -0.497 e. The molecular formula is C25H23N3O3S2. The monoisotopic (exact) mass is 477 g/mol. The molecule has 6 nitrogen and oxygen atoms in total. The summed E-state index contributed by atoms with van der Waals surface area (Å²) in [7, 11) is 3.59. The lowest BCUT2D eigenvalue weighted by Crippen LogP contribution is -2.35. The molecule has 3 heterocycles. The second-order valence-electron chi connectivity index (χ2n) is 7.68. The molecule has 0 N–H and O–H groups in total. The molecule has 2 aromatic carbocycles. The van der Waals surface area contributed by atoms with E-state index in [1.165, 1.54) is 11.3 Å². The molecule has 5 rings (SSSR count). The Balaban J connectivity index is 1.81. The summed E-state index contributed by atoms with van der Waals surface area (Å²) in [4.78, 5) is 31.9. The zero-order valence-electron chi connectivity index (χ0n) is 18.6. The standard InChI is InChI=1S/C25H23N3O3S2/c1-5-13-28-23(30)21(25-26(3)18-14-15(31-4)11-12-19(18)32-25)33-24(28)20-16-9-7-8-10-17(16)27(6-2)22(20)29/h5,7-12,14H,1,6,13H2,2-4H3/b24-20+,25-21-. The van der Waals surface area contributed by atoms with Gasteiger partial charge in [-0.3, -0.25) is 14.2 Å². The van der Waals surface area contributed by atoms with E-state index in [2.05, 4.69) is 6.58 Å². The van der Waals surface area contributed by atoms with E-state index in [0.717, 1.165) is 32.6 Å². The van der Waals surface area contributed by atoms with Gasteiger partial charge in [0, 0.05) is 36.7 Å². The van der Waals surface area contributed by atoms with E-state index in [9.17, 15) is 9.59 Å². The normalized spacial score (nSPS) is 18.0. The zero-order chi connectivity index (χ0) is 23.3. The molecule has 3 aromatic rings. The number of fused-ring (bicyclic) bond motifs is 2. The summed E-state index contributed by atoms with van der Waals surface area (Å²) < 4.78 is 8.32. The van der Waals surface area contributed by atoms with Gasteiger partial charge < -0.3 is 14.5 Å². The van der Waals surface area contributed by atoms with Crippen LogP contribution >= 0.6 is 23.1 Å². The van der Waals surface area contributed by atoms with E-state index in [-0.39, 0.29) is 11.5 Å². The molecule has 0 fully saturated rings. The van der Waals surface area contributed by atoms with Gasteiger partial charge in [-0.15, -0.1) is 17.9 Å². The lowest BCUT2D eigenvalue weighted by molar-refractivity contribution is -0.113. The smallest absolute Gasteiger partial charge is 0.272 e. The van der Waals surface area contributed by atoms with Crippen molar-refractivity contribution in [1.29, 1.82) is 0 Å². The zero-order valence-corrected chi connectivity index (χ0v) is 20.3. The van der Waals surface area contributed by atoms with Crippen molar-refractivity contribution < 1.29 is 9.53 Å². The molecular weight excluding hydrogens is 454 g/mol. The molecule has 0 saturated carbocycles. The van der Waals surface area contributed by atoms with Crippen molar-refractivity contribution in [2.45, 2.75) is 18.4 Å². The van der Waals surface area contributed by atoms with Crippen molar-refractivity contribution in [1.82, 2.24) is 4.57 Å². The van der Waals surface area contributed by atoms with Gasteiger partial charge in [0.2, 0.25) is 0 Å². The molecule has 33 heavy (non-hydrogen) atoms. The minimum absolute atomic E-state index is 0.0743. The number of thiazole rings is 1. The predicted molar refractivity (Wildman–Crippen MR) is 136 cm³/mol. The number of para-hydroxylation sites is 1. The molecule has 168 valence electrons. The Morgan fingerprint density at radius 3 is 2.64 bits per heavy atom. The van der Waals surface area contributed by atoms with E-state index < -0.39 is 0 Å². The Morgan fingerprint density at radius 2 is 1.91 bits per heavy atom. The Bertz CT molecular complexity index is 1490. The first-order valence-corrected chi connectivity index (χ1v) is 12.2. The third kappa shape index (κ3) is 3.24. The number of hydrogen-bond donors (Lipinski definition) is 0. The number of carbonyl (C=O) groups excluding carboxylic acids is 1. The Labute approximate surface area is 199 Å². The molecule has 1 aromatic heterocycles. The number of anilines is 2. The number of hydrogen-bond acceptors (Lipinski definition) is 6. The predicted octanol–water partition coefficient (Wildman–Crippen LogP) is 2.98. The topological polar surface area (TPSA) is 54.8 Å². The number of thioether (sulfide) groups is 1. The molecule has 0 unspecified atom stereocenters. The van der Waals surface area contributed by atoms with Crippen LogP contribution < -0.4 is 29.3 Å². The van der Waals surface area contributed by atoms with Gasteiger partial charge in [-0.2, -0.15) is 0 Å². The number of methoxy groups -OCH3 is 1. The van der Waals surface area contributed by atoms with Crippen molar-refractivity contribution in [3.63, 3.8) is 0 Å². The number of ether oxygens (including phenoxy) is 1. The first-order chi connectivity index (χ1) is 16.0. The Morgan fingerprint density at radius 1 is 1.12 bits per heavy atom. The van der Waals surface area contributed by atoms with Crippen LogP contribution in [0.1, 0.15) is 12.5 Å². The van der Waals surface area contributed by atoms with Gasteiger partial charge in [-0.1, -0.05) is 36.0 Å². The Hall–Kier alpha value is -3.23. The molecule has 2 aliphatic rings. The largest absolute Gasteiger partial charge is 0.497 e. The number of allylic oxidation sites excluding steroid dienone is 1. The van der Waals surface area contributed by atoms with Crippen LogP contribution in [0.3, 0.4) is 0 Å². The fourth-order valence-electron chi connectivity index (χ4n) is 4.28. The van der Waals surface area contributed by atoms with Gasteiger partial charge in [0.15, 0.2) is 0 Å². The maximum Gasteiger partial charge on any atom is 0.272 e. The van der Waals surface area contributed by atoms with Crippen LogP contribution in [0.2, 0.25) is 0 Å². The second kappa shape index (κ2) is 8.28. The molecule has 0 spiro atoms. The first-order valence-electron chi connectivity index (χ1n) is 10.6. The summed E-state index contributed by atoms with van der Waals surface area (Å²) in [6.45, 7) is 6.69. The second-order valence-corrected chi connectivity index (χ2v) is 9.71. The van der Waals surface area contributed by atoms with Gasteiger partial charge in [-0.25, -0.2) is 0 Å². The van der Waals surface area contributed by atoms with E-state index in [0.29, 0.717) is 27.9 Å². The maximum absolute atomic E-state index is 13.6. The molecule has 0 radical (unpaired) electrons. The van der Waals surface area contributed by atoms with Gasteiger partial charge in [0.25, 0.3) is 11.5 Å². The number of benzene rings is 2.